The van der Waals surface area contributed by atoms with Crippen molar-refractivity contribution < 1.29 is 9.59 Å². The maximum absolute atomic E-state index is 11.3. The number of carbonyl (C=O) groups is 2. The Balaban J connectivity index is 0.000000290. The zero-order valence-electron chi connectivity index (χ0n) is 24.6. The van der Waals surface area contributed by atoms with Crippen molar-refractivity contribution in [1.29, 1.82) is 0 Å². The van der Waals surface area contributed by atoms with Crippen LogP contribution in [0.15, 0.2) is 76.9 Å². The summed E-state index contributed by atoms with van der Waals surface area (Å²) in [6.45, 7) is 11.3. The molecule has 0 saturated heterocycles. The van der Waals surface area contributed by atoms with Crippen LogP contribution in [0.1, 0.15) is 116 Å². The normalized spacial score (nSPS) is 14.1. The molecule has 0 unspecified atom stereocenters. The molecule has 2 N–H and O–H groups in total. The fourth-order valence-corrected chi connectivity index (χ4v) is 4.73. The Labute approximate surface area is 231 Å². The van der Waals surface area contributed by atoms with E-state index in [9.17, 15) is 9.59 Å². The maximum Gasteiger partial charge on any atom is 0.157 e. The maximum atomic E-state index is 11.3. The molecule has 2 aromatic carbocycles. The summed E-state index contributed by atoms with van der Waals surface area (Å²) < 4.78 is 0. The van der Waals surface area contributed by atoms with Gasteiger partial charge in [0.15, 0.2) is 5.78 Å². The number of Topliss-reactive ketones (excluding diaryl/α,β-unsaturated/α-hetero) is 2. The van der Waals surface area contributed by atoms with E-state index in [1.807, 2.05) is 6.92 Å². The molecule has 1 aliphatic carbocycles. The number of amidine groups is 1. The Morgan fingerprint density at radius 3 is 1.74 bits per heavy atom. The van der Waals surface area contributed by atoms with Crippen molar-refractivity contribution in [1.82, 2.24) is 0 Å². The van der Waals surface area contributed by atoms with Crippen molar-refractivity contribution >= 4 is 17.4 Å². The van der Waals surface area contributed by atoms with Gasteiger partial charge in [-0.05, 0) is 57.1 Å². The highest BCUT2D eigenvalue weighted by Crippen LogP contribution is 2.28. The minimum absolute atomic E-state index is 0.105. The van der Waals surface area contributed by atoms with Crippen molar-refractivity contribution in [2.75, 3.05) is 0 Å². The highest BCUT2D eigenvalue weighted by molar-refractivity contribution is 5.94. The third kappa shape index (κ3) is 13.5. The van der Waals surface area contributed by atoms with Crippen molar-refractivity contribution in [2.24, 2.45) is 16.6 Å². The molecule has 2 aromatic rings. The Morgan fingerprint density at radius 2 is 1.37 bits per heavy atom. The molecule has 0 aromatic heterocycles. The first kappa shape index (κ1) is 33.0. The van der Waals surface area contributed by atoms with Gasteiger partial charge in [0.1, 0.15) is 5.78 Å². The second-order valence-electron chi connectivity index (χ2n) is 10.3. The van der Waals surface area contributed by atoms with E-state index in [0.29, 0.717) is 17.5 Å². The number of rotatable bonds is 10. The van der Waals surface area contributed by atoms with E-state index in [4.69, 9.17) is 5.73 Å². The van der Waals surface area contributed by atoms with Crippen LogP contribution in [0.2, 0.25) is 0 Å². The van der Waals surface area contributed by atoms with E-state index in [1.165, 1.54) is 36.8 Å². The summed E-state index contributed by atoms with van der Waals surface area (Å²) in [5.74, 6) is 2.33. The molecule has 3 rings (SSSR count). The minimum atomic E-state index is 0.105. The number of benzene rings is 2. The molecule has 4 heteroatoms. The second-order valence-corrected chi connectivity index (χ2v) is 10.3. The van der Waals surface area contributed by atoms with Crippen LogP contribution in [0.3, 0.4) is 0 Å². The van der Waals surface area contributed by atoms with Gasteiger partial charge in [0.2, 0.25) is 0 Å². The molecule has 208 valence electrons. The fraction of sp³-hybridized carbons (Fsp3) is 0.500. The van der Waals surface area contributed by atoms with Crippen LogP contribution in [-0.4, -0.2) is 17.4 Å². The van der Waals surface area contributed by atoms with Crippen molar-refractivity contribution in [3.63, 3.8) is 0 Å². The third-order valence-electron chi connectivity index (χ3n) is 6.90. The van der Waals surface area contributed by atoms with Gasteiger partial charge in [-0.15, -0.1) is 0 Å². The Hall–Kier alpha value is -3.01. The second kappa shape index (κ2) is 19.1. The minimum Gasteiger partial charge on any atom is -0.387 e. The third-order valence-corrected chi connectivity index (χ3v) is 6.90. The van der Waals surface area contributed by atoms with Crippen LogP contribution in [0.25, 0.3) is 0 Å². The molecular formula is C34H50N2O2. The summed E-state index contributed by atoms with van der Waals surface area (Å²) in [4.78, 5) is 26.1. The molecule has 38 heavy (non-hydrogen) atoms. The Morgan fingerprint density at radius 1 is 0.868 bits per heavy atom. The van der Waals surface area contributed by atoms with Gasteiger partial charge in [0, 0.05) is 23.6 Å². The molecule has 1 fully saturated rings. The average molecular weight is 519 g/mol. The molecule has 0 bridgehead atoms. The number of allylic oxidation sites excluding steroid dienone is 2. The summed E-state index contributed by atoms with van der Waals surface area (Å²) in [5, 5.41) is 0. The summed E-state index contributed by atoms with van der Waals surface area (Å²) in [6.07, 6.45) is 9.97. The predicted molar refractivity (Wildman–Crippen MR) is 162 cm³/mol. The summed E-state index contributed by atoms with van der Waals surface area (Å²) >= 11 is 0. The SMILES string of the molecule is CC(=O)CCC1CCCC1.CC(c1ccccc1)c1ccccc1.CCC/C(C(C)=O)=C(\CC)N=C(C)N. The molecule has 0 heterocycles. The Bertz CT molecular complexity index is 960. The van der Waals surface area contributed by atoms with E-state index >= 15 is 0 Å². The highest BCUT2D eigenvalue weighted by atomic mass is 16.1. The number of hydrogen-bond donors (Lipinski definition) is 1. The summed E-state index contributed by atoms with van der Waals surface area (Å²) in [7, 11) is 0. The average Bonchev–Trinajstić information content (AvgIpc) is 3.44. The summed E-state index contributed by atoms with van der Waals surface area (Å²) in [6, 6.07) is 21.2. The first-order chi connectivity index (χ1) is 18.2. The van der Waals surface area contributed by atoms with Gasteiger partial charge in [0.25, 0.3) is 0 Å². The molecule has 0 amide bonds. The number of ketones is 2. The fourth-order valence-electron chi connectivity index (χ4n) is 4.73. The van der Waals surface area contributed by atoms with Crippen molar-refractivity contribution in [3.05, 3.63) is 83.1 Å². The zero-order valence-corrected chi connectivity index (χ0v) is 24.6. The van der Waals surface area contributed by atoms with Crippen LogP contribution in [-0.2, 0) is 9.59 Å². The van der Waals surface area contributed by atoms with Gasteiger partial charge in [-0.1, -0.05) is 114 Å². The lowest BCUT2D eigenvalue weighted by Gasteiger charge is -2.11. The summed E-state index contributed by atoms with van der Waals surface area (Å²) in [5.41, 5.74) is 9.91. The van der Waals surface area contributed by atoms with Crippen LogP contribution >= 0.6 is 0 Å². The monoisotopic (exact) mass is 518 g/mol. The number of hydrogen-bond acceptors (Lipinski definition) is 3. The van der Waals surface area contributed by atoms with E-state index in [0.717, 1.165) is 49.3 Å². The van der Waals surface area contributed by atoms with Gasteiger partial charge >= 0.3 is 0 Å². The molecule has 0 radical (unpaired) electrons. The van der Waals surface area contributed by atoms with E-state index in [1.54, 1.807) is 20.8 Å². The number of nitrogens with zero attached hydrogens (tertiary/aromatic N) is 1. The molecule has 1 aliphatic rings. The van der Waals surface area contributed by atoms with Crippen molar-refractivity contribution in [2.45, 2.75) is 105 Å². The smallest absolute Gasteiger partial charge is 0.157 e. The first-order valence-electron chi connectivity index (χ1n) is 14.3. The largest absolute Gasteiger partial charge is 0.387 e. The van der Waals surface area contributed by atoms with Gasteiger partial charge < -0.3 is 10.5 Å². The van der Waals surface area contributed by atoms with E-state index in [-0.39, 0.29) is 5.78 Å². The lowest BCUT2D eigenvalue weighted by molar-refractivity contribution is -0.117. The molecule has 0 spiro atoms. The Kier molecular flexibility index (Phi) is 16.6. The van der Waals surface area contributed by atoms with Gasteiger partial charge in [0.05, 0.1) is 5.84 Å². The number of carbonyl (C=O) groups excluding carboxylic acids is 2. The van der Waals surface area contributed by atoms with E-state index in [2.05, 4.69) is 79.5 Å². The van der Waals surface area contributed by atoms with Crippen molar-refractivity contribution in [3.8, 4) is 0 Å². The number of aliphatic imine (C=N–C) groups is 1. The topological polar surface area (TPSA) is 72.5 Å². The zero-order chi connectivity index (χ0) is 28.3. The number of nitrogens with two attached hydrogens (primary N) is 1. The van der Waals surface area contributed by atoms with Gasteiger partial charge in [-0.2, -0.15) is 0 Å². The van der Waals surface area contributed by atoms with Crippen LogP contribution in [0.4, 0.5) is 0 Å². The molecule has 1 saturated carbocycles. The van der Waals surface area contributed by atoms with Gasteiger partial charge in [-0.25, -0.2) is 4.99 Å². The molecule has 4 nitrogen and oxygen atoms in total. The predicted octanol–water partition coefficient (Wildman–Crippen LogP) is 8.80. The van der Waals surface area contributed by atoms with E-state index < -0.39 is 0 Å². The molecular weight excluding hydrogens is 468 g/mol. The van der Waals surface area contributed by atoms with Gasteiger partial charge in [-0.3, -0.25) is 4.79 Å². The molecule has 0 atom stereocenters. The van der Waals surface area contributed by atoms with Crippen LogP contribution in [0.5, 0.6) is 0 Å². The first-order valence-corrected chi connectivity index (χ1v) is 14.3. The lowest BCUT2D eigenvalue weighted by atomic mass is 9.93. The van der Waals surface area contributed by atoms with Crippen LogP contribution < -0.4 is 5.73 Å². The highest BCUT2D eigenvalue weighted by Gasteiger charge is 2.14. The molecule has 0 aliphatic heterocycles. The standard InChI is InChI=1S/C14H14.C11H20N2O.C9H16O/c1-12(13-8-4-2-5-9-13)14-10-6-3-7-11-14;1-5-7-10(8(3)14)11(6-2)13-9(4)12;1-8(10)6-7-9-4-2-3-5-9/h2-12H,1H3;5-7H2,1-4H3,(H2,12,13);9H,2-7H2,1H3/b;11-10-;. The quantitative estimate of drug-likeness (QED) is 0.194. The lowest BCUT2D eigenvalue weighted by Crippen LogP contribution is -2.08. The van der Waals surface area contributed by atoms with Crippen LogP contribution in [0, 0.1) is 5.92 Å².